The first-order valence-corrected chi connectivity index (χ1v) is 5.11. The summed E-state index contributed by atoms with van der Waals surface area (Å²) in [6.07, 6.45) is 4.89. The van der Waals surface area contributed by atoms with E-state index in [0.29, 0.717) is 12.5 Å². The van der Waals surface area contributed by atoms with Gasteiger partial charge in [0.15, 0.2) is 0 Å². The maximum atomic E-state index is 11.2. The number of carbonyl (C=O) groups is 1. The van der Waals surface area contributed by atoms with Gasteiger partial charge in [-0.05, 0) is 25.2 Å². The van der Waals surface area contributed by atoms with Crippen molar-refractivity contribution in [3.63, 3.8) is 0 Å². The third kappa shape index (κ3) is 1.70. The van der Waals surface area contributed by atoms with Gasteiger partial charge in [0, 0.05) is 6.54 Å². The second-order valence-corrected chi connectivity index (χ2v) is 4.04. The molecule has 1 fully saturated rings. The minimum Gasteiger partial charge on any atom is -0.481 e. The molecule has 0 aromatic heterocycles. The molecule has 0 amide bonds. The molecular formula is C10H19NO2. The molecule has 1 rings (SSSR count). The molecule has 0 radical (unpaired) electrons. The molecule has 1 saturated carbocycles. The van der Waals surface area contributed by atoms with Gasteiger partial charge in [-0.3, -0.25) is 4.79 Å². The van der Waals surface area contributed by atoms with Crippen molar-refractivity contribution in [2.24, 2.45) is 17.1 Å². The van der Waals surface area contributed by atoms with Crippen molar-refractivity contribution < 1.29 is 9.90 Å². The first-order valence-electron chi connectivity index (χ1n) is 5.11. The molecule has 0 bridgehead atoms. The van der Waals surface area contributed by atoms with Crippen molar-refractivity contribution in [2.45, 2.75) is 39.0 Å². The molecule has 0 spiro atoms. The van der Waals surface area contributed by atoms with Crippen LogP contribution in [0.15, 0.2) is 0 Å². The van der Waals surface area contributed by atoms with E-state index in [1.807, 2.05) is 6.92 Å². The highest BCUT2D eigenvalue weighted by Gasteiger charge is 2.46. The summed E-state index contributed by atoms with van der Waals surface area (Å²) in [5, 5.41) is 9.21. The third-order valence-corrected chi connectivity index (χ3v) is 3.37. The number of rotatable bonds is 5. The van der Waals surface area contributed by atoms with Crippen LogP contribution in [-0.2, 0) is 4.79 Å². The SMILES string of the molecule is CCCC(CN)(C(=O)O)C1CCC1. The summed E-state index contributed by atoms with van der Waals surface area (Å²) >= 11 is 0. The second kappa shape index (κ2) is 4.09. The molecular weight excluding hydrogens is 166 g/mol. The molecule has 76 valence electrons. The van der Waals surface area contributed by atoms with Crippen molar-refractivity contribution in [2.75, 3.05) is 6.54 Å². The lowest BCUT2D eigenvalue weighted by atomic mass is 9.63. The predicted molar refractivity (Wildman–Crippen MR) is 51.4 cm³/mol. The maximum absolute atomic E-state index is 11.2. The number of carboxylic acid groups (broad SMARTS) is 1. The van der Waals surface area contributed by atoms with E-state index in [2.05, 4.69) is 0 Å². The molecule has 0 heterocycles. The summed E-state index contributed by atoms with van der Waals surface area (Å²) in [4.78, 5) is 11.2. The number of hydrogen-bond donors (Lipinski definition) is 2. The van der Waals surface area contributed by atoms with Gasteiger partial charge in [0.1, 0.15) is 0 Å². The molecule has 0 saturated heterocycles. The smallest absolute Gasteiger partial charge is 0.311 e. The van der Waals surface area contributed by atoms with Crippen molar-refractivity contribution in [1.29, 1.82) is 0 Å². The first-order chi connectivity index (χ1) is 6.17. The summed E-state index contributed by atoms with van der Waals surface area (Å²) in [6, 6.07) is 0. The van der Waals surface area contributed by atoms with Crippen molar-refractivity contribution >= 4 is 5.97 Å². The van der Waals surface area contributed by atoms with E-state index in [1.165, 1.54) is 6.42 Å². The van der Waals surface area contributed by atoms with Gasteiger partial charge in [0.2, 0.25) is 0 Å². The van der Waals surface area contributed by atoms with E-state index in [1.54, 1.807) is 0 Å². The highest BCUT2D eigenvalue weighted by atomic mass is 16.4. The summed E-state index contributed by atoms with van der Waals surface area (Å²) in [5.74, 6) is -0.364. The summed E-state index contributed by atoms with van der Waals surface area (Å²) in [5.41, 5.74) is 5.01. The fraction of sp³-hybridized carbons (Fsp3) is 0.900. The minimum atomic E-state index is -0.693. The van der Waals surface area contributed by atoms with Crippen LogP contribution in [0.5, 0.6) is 0 Å². The quantitative estimate of drug-likeness (QED) is 0.684. The number of hydrogen-bond acceptors (Lipinski definition) is 2. The predicted octanol–water partition coefficient (Wildman–Crippen LogP) is 1.62. The summed E-state index contributed by atoms with van der Waals surface area (Å²) < 4.78 is 0. The maximum Gasteiger partial charge on any atom is 0.311 e. The molecule has 3 N–H and O–H groups in total. The topological polar surface area (TPSA) is 63.3 Å². The average Bonchev–Trinajstić information content (AvgIpc) is 1.99. The fourth-order valence-corrected chi connectivity index (χ4v) is 2.25. The minimum absolute atomic E-state index is 0.292. The van der Waals surface area contributed by atoms with Crippen LogP contribution in [0.2, 0.25) is 0 Å². The zero-order chi connectivity index (χ0) is 9.90. The molecule has 13 heavy (non-hydrogen) atoms. The van der Waals surface area contributed by atoms with Gasteiger partial charge in [-0.15, -0.1) is 0 Å². The summed E-state index contributed by atoms with van der Waals surface area (Å²) in [6.45, 7) is 2.31. The largest absolute Gasteiger partial charge is 0.481 e. The van der Waals surface area contributed by atoms with Crippen LogP contribution in [0.3, 0.4) is 0 Å². The van der Waals surface area contributed by atoms with E-state index in [0.717, 1.165) is 25.7 Å². The summed E-state index contributed by atoms with van der Waals surface area (Å²) in [7, 11) is 0. The highest BCUT2D eigenvalue weighted by Crippen LogP contribution is 2.44. The van der Waals surface area contributed by atoms with Crippen LogP contribution in [0.25, 0.3) is 0 Å². The molecule has 1 unspecified atom stereocenters. The Morgan fingerprint density at radius 1 is 1.62 bits per heavy atom. The van der Waals surface area contributed by atoms with E-state index in [9.17, 15) is 9.90 Å². The van der Waals surface area contributed by atoms with E-state index >= 15 is 0 Å². The standard InChI is InChI=1S/C10H19NO2/c1-2-6-10(7-11,9(12)13)8-4-3-5-8/h8H,2-7,11H2,1H3,(H,12,13). The van der Waals surface area contributed by atoms with E-state index < -0.39 is 11.4 Å². The molecule has 1 aliphatic rings. The molecule has 0 aliphatic heterocycles. The lowest BCUT2D eigenvalue weighted by Gasteiger charge is -2.41. The Hall–Kier alpha value is -0.570. The zero-order valence-corrected chi connectivity index (χ0v) is 8.25. The average molecular weight is 185 g/mol. The number of nitrogens with two attached hydrogens (primary N) is 1. The van der Waals surface area contributed by atoms with Crippen molar-refractivity contribution in [3.8, 4) is 0 Å². The number of aliphatic carboxylic acids is 1. The zero-order valence-electron chi connectivity index (χ0n) is 8.25. The van der Waals surface area contributed by atoms with Crippen LogP contribution in [0, 0.1) is 11.3 Å². The Kier molecular flexibility index (Phi) is 3.31. The van der Waals surface area contributed by atoms with Crippen LogP contribution in [0.4, 0.5) is 0 Å². The van der Waals surface area contributed by atoms with Gasteiger partial charge in [-0.2, -0.15) is 0 Å². The second-order valence-electron chi connectivity index (χ2n) is 4.04. The molecule has 0 aromatic rings. The molecule has 3 heteroatoms. The third-order valence-electron chi connectivity index (χ3n) is 3.37. The van der Waals surface area contributed by atoms with E-state index in [4.69, 9.17) is 5.73 Å². The van der Waals surface area contributed by atoms with Gasteiger partial charge in [0.25, 0.3) is 0 Å². The molecule has 3 nitrogen and oxygen atoms in total. The lowest BCUT2D eigenvalue weighted by molar-refractivity contribution is -0.155. The van der Waals surface area contributed by atoms with Crippen LogP contribution in [-0.4, -0.2) is 17.6 Å². The molecule has 1 aliphatic carbocycles. The van der Waals surface area contributed by atoms with Crippen molar-refractivity contribution in [3.05, 3.63) is 0 Å². The van der Waals surface area contributed by atoms with Gasteiger partial charge < -0.3 is 10.8 Å². The Balaban J connectivity index is 2.74. The Labute approximate surface area is 79.3 Å². The number of carboxylic acids is 1. The normalized spacial score (nSPS) is 22.0. The van der Waals surface area contributed by atoms with Gasteiger partial charge in [-0.25, -0.2) is 0 Å². The van der Waals surface area contributed by atoms with Gasteiger partial charge >= 0.3 is 5.97 Å². The van der Waals surface area contributed by atoms with Crippen LogP contribution < -0.4 is 5.73 Å². The van der Waals surface area contributed by atoms with Gasteiger partial charge in [0.05, 0.1) is 5.41 Å². The Bertz CT molecular complexity index is 189. The fourth-order valence-electron chi connectivity index (χ4n) is 2.25. The lowest BCUT2D eigenvalue weighted by Crippen LogP contribution is -2.47. The highest BCUT2D eigenvalue weighted by molar-refractivity contribution is 5.75. The van der Waals surface area contributed by atoms with Crippen LogP contribution >= 0.6 is 0 Å². The van der Waals surface area contributed by atoms with Gasteiger partial charge in [-0.1, -0.05) is 19.8 Å². The monoisotopic (exact) mass is 185 g/mol. The first kappa shape index (κ1) is 10.5. The van der Waals surface area contributed by atoms with Crippen molar-refractivity contribution in [1.82, 2.24) is 0 Å². The van der Waals surface area contributed by atoms with Crippen LogP contribution in [0.1, 0.15) is 39.0 Å². The molecule has 0 aromatic carbocycles. The van der Waals surface area contributed by atoms with E-state index in [-0.39, 0.29) is 0 Å². The Morgan fingerprint density at radius 2 is 2.23 bits per heavy atom. The Morgan fingerprint density at radius 3 is 2.46 bits per heavy atom. The molecule has 1 atom stereocenters.